The zero-order valence-electron chi connectivity index (χ0n) is 6.79. The molecule has 0 nitrogen and oxygen atoms in total. The molecule has 0 aliphatic heterocycles. The summed E-state index contributed by atoms with van der Waals surface area (Å²) in [6.45, 7) is 0. The van der Waals surface area contributed by atoms with Crippen molar-refractivity contribution >= 4 is 14.7 Å². The molecule has 0 N–H and O–H groups in total. The first-order valence-corrected chi connectivity index (χ1v) is 7.77. The Balaban J connectivity index is 4.95. The number of hydrogen-bond acceptors (Lipinski definition) is 0. The van der Waals surface area contributed by atoms with E-state index in [1.165, 1.54) is 11.4 Å². The third-order valence-electron chi connectivity index (χ3n) is 1.07. The Labute approximate surface area is 75.9 Å². The van der Waals surface area contributed by atoms with Gasteiger partial charge in [-0.2, -0.15) is 0 Å². The van der Waals surface area contributed by atoms with Gasteiger partial charge in [0.05, 0.1) is 0 Å². The van der Waals surface area contributed by atoms with Crippen LogP contribution in [0.1, 0.15) is 0 Å². The van der Waals surface area contributed by atoms with Crippen molar-refractivity contribution in [3.05, 3.63) is 10.4 Å². The first-order chi connectivity index (χ1) is 5.54. The van der Waals surface area contributed by atoms with Crippen LogP contribution in [0.25, 0.3) is 0 Å². The van der Waals surface area contributed by atoms with Gasteiger partial charge in [-0.05, 0) is 0 Å². The summed E-state index contributed by atoms with van der Waals surface area (Å²) in [6, 6.07) is 0. The predicted octanol–water partition coefficient (Wildman–Crippen LogP) is 3.33. The van der Waals surface area contributed by atoms with Gasteiger partial charge < -0.3 is 0 Å². The van der Waals surface area contributed by atoms with Gasteiger partial charge in [0.15, 0.2) is 0 Å². The van der Waals surface area contributed by atoms with Crippen LogP contribution >= 0.6 is 0 Å². The molecule has 0 amide bonds. The molecule has 0 rings (SSSR count). The quantitative estimate of drug-likeness (QED) is 0.505. The standard InChI is InChI=1S/C6H7AsF6/c1-7(2)4(6(11,12)13)3-5(8,9)10/h3H,1-2H3. The van der Waals surface area contributed by atoms with Crippen molar-refractivity contribution in [2.24, 2.45) is 0 Å². The van der Waals surface area contributed by atoms with E-state index in [0.717, 1.165) is 0 Å². The Bertz CT molecular complexity index is 198. The minimum atomic E-state index is -4.89. The summed E-state index contributed by atoms with van der Waals surface area (Å²) < 4.78 is 69.4. The Hall–Kier alpha value is -0.122. The van der Waals surface area contributed by atoms with Crippen molar-refractivity contribution in [1.82, 2.24) is 0 Å². The maximum atomic E-state index is 12.0. The number of allylic oxidation sites excluding steroid dienone is 2. The first kappa shape index (κ1) is 12.9. The predicted molar refractivity (Wildman–Crippen MR) is 37.7 cm³/mol. The fourth-order valence-corrected chi connectivity index (χ4v) is 2.53. The van der Waals surface area contributed by atoms with Crippen LogP contribution in [0.4, 0.5) is 26.3 Å². The van der Waals surface area contributed by atoms with Crippen molar-refractivity contribution in [1.29, 1.82) is 0 Å². The van der Waals surface area contributed by atoms with Crippen LogP contribution in [-0.2, 0) is 0 Å². The van der Waals surface area contributed by atoms with Gasteiger partial charge in [-0.3, -0.25) is 0 Å². The number of alkyl halides is 6. The van der Waals surface area contributed by atoms with Crippen molar-refractivity contribution in [3.63, 3.8) is 0 Å². The number of hydrogen-bond donors (Lipinski definition) is 0. The number of halogens is 6. The summed E-state index contributed by atoms with van der Waals surface area (Å²) in [7, 11) is 0. The van der Waals surface area contributed by atoms with Crippen LogP contribution in [0.3, 0.4) is 0 Å². The molecule has 0 aromatic carbocycles. The zero-order chi connectivity index (χ0) is 10.9. The van der Waals surface area contributed by atoms with Crippen LogP contribution in [0.2, 0.25) is 11.4 Å². The van der Waals surface area contributed by atoms with E-state index < -0.39 is 37.4 Å². The van der Waals surface area contributed by atoms with E-state index in [-0.39, 0.29) is 0 Å². The Morgan fingerprint density at radius 2 is 1.38 bits per heavy atom. The maximum absolute atomic E-state index is 12.0. The van der Waals surface area contributed by atoms with Gasteiger partial charge in [0, 0.05) is 0 Å². The van der Waals surface area contributed by atoms with E-state index >= 15 is 0 Å². The Morgan fingerprint density at radius 1 is 1.00 bits per heavy atom. The second-order valence-electron chi connectivity index (χ2n) is 2.46. The van der Waals surface area contributed by atoms with E-state index in [0.29, 0.717) is 0 Å². The van der Waals surface area contributed by atoms with Crippen LogP contribution < -0.4 is 0 Å². The summed E-state index contributed by atoms with van der Waals surface area (Å²) in [6.07, 6.45) is -10.4. The molecule has 0 heterocycles. The topological polar surface area (TPSA) is 0 Å². The molecule has 0 bridgehead atoms. The molecular formula is C6H7AsF6. The number of rotatable bonds is 1. The Morgan fingerprint density at radius 3 is 1.46 bits per heavy atom. The molecule has 0 aliphatic carbocycles. The van der Waals surface area contributed by atoms with Gasteiger partial charge in [0.2, 0.25) is 0 Å². The van der Waals surface area contributed by atoms with Crippen molar-refractivity contribution < 1.29 is 26.3 Å². The van der Waals surface area contributed by atoms with E-state index in [9.17, 15) is 26.3 Å². The average molecular weight is 268 g/mol. The molecule has 7 heteroatoms. The molecule has 0 fully saturated rings. The van der Waals surface area contributed by atoms with Gasteiger partial charge in [-0.25, -0.2) is 0 Å². The van der Waals surface area contributed by atoms with Gasteiger partial charge in [0.25, 0.3) is 0 Å². The molecule has 0 saturated carbocycles. The Kier molecular flexibility index (Phi) is 3.91. The van der Waals surface area contributed by atoms with Crippen LogP contribution in [0.15, 0.2) is 10.4 Å². The monoisotopic (exact) mass is 268 g/mol. The second kappa shape index (κ2) is 3.94. The SMILES string of the molecule is C[As](C)C(=CC(F)(F)F)C(F)(F)F. The van der Waals surface area contributed by atoms with Gasteiger partial charge >= 0.3 is 75.2 Å². The average Bonchev–Trinajstić information content (AvgIpc) is 1.77. The second-order valence-corrected chi connectivity index (χ2v) is 7.23. The van der Waals surface area contributed by atoms with Crippen molar-refractivity contribution in [2.75, 3.05) is 0 Å². The van der Waals surface area contributed by atoms with Crippen LogP contribution in [0, 0.1) is 0 Å². The fraction of sp³-hybridized carbons (Fsp3) is 0.667. The fourth-order valence-electron chi connectivity index (χ4n) is 0.620. The van der Waals surface area contributed by atoms with E-state index in [1.54, 1.807) is 0 Å². The normalized spacial score (nSPS) is 15.3. The van der Waals surface area contributed by atoms with Crippen molar-refractivity contribution in [2.45, 2.75) is 23.8 Å². The molecule has 0 aromatic heterocycles. The third kappa shape index (κ3) is 5.24. The minimum absolute atomic E-state index is 0.632. The molecule has 0 aliphatic rings. The molecule has 0 spiro atoms. The molecular weight excluding hydrogens is 261 g/mol. The molecule has 0 saturated heterocycles. The zero-order valence-corrected chi connectivity index (χ0v) is 8.67. The van der Waals surface area contributed by atoms with E-state index in [4.69, 9.17) is 0 Å². The summed E-state index contributed by atoms with van der Waals surface area (Å²) in [5.41, 5.74) is 2.41. The summed E-state index contributed by atoms with van der Waals surface area (Å²) in [4.78, 5) is 0. The van der Waals surface area contributed by atoms with Gasteiger partial charge in [0.1, 0.15) is 0 Å². The van der Waals surface area contributed by atoms with Gasteiger partial charge in [-0.15, -0.1) is 0 Å². The summed E-state index contributed by atoms with van der Waals surface area (Å²) in [5, 5.41) is 0. The van der Waals surface area contributed by atoms with Crippen LogP contribution in [-0.4, -0.2) is 27.0 Å². The summed E-state index contributed by atoms with van der Waals surface area (Å²) >= 11 is -2.56. The molecule has 0 aromatic rings. The molecule has 0 unspecified atom stereocenters. The van der Waals surface area contributed by atoms with E-state index in [2.05, 4.69) is 0 Å². The molecule has 0 radical (unpaired) electrons. The first-order valence-electron chi connectivity index (χ1n) is 3.08. The molecule has 78 valence electrons. The van der Waals surface area contributed by atoms with Gasteiger partial charge in [-0.1, -0.05) is 0 Å². The van der Waals surface area contributed by atoms with E-state index in [1.807, 2.05) is 0 Å². The third-order valence-corrected chi connectivity index (χ3v) is 3.90. The van der Waals surface area contributed by atoms with Crippen molar-refractivity contribution in [3.8, 4) is 0 Å². The molecule has 0 atom stereocenters. The molecule has 13 heavy (non-hydrogen) atoms. The van der Waals surface area contributed by atoms with Crippen LogP contribution in [0.5, 0.6) is 0 Å². The summed E-state index contributed by atoms with van der Waals surface area (Å²) in [5.74, 6) is 0.